The Kier molecular flexibility index (Phi) is 1.57. The highest BCUT2D eigenvalue weighted by Crippen LogP contribution is 2.26. The molecular weight excluding hydrogens is 231 g/mol. The second kappa shape index (κ2) is 5.00. The number of carbonyl (C=O) groups is 1. The number of carboxylic acids is 1. The molecule has 0 radical (unpaired) electrons. The minimum Gasteiger partial charge on any atom is -0.481 e. The Hall–Kier alpha value is -2.16. The van der Waals surface area contributed by atoms with Crippen LogP contribution < -0.4 is 0 Å². The molecule has 1 atom stereocenters. The van der Waals surface area contributed by atoms with Crippen molar-refractivity contribution in [3.05, 3.63) is 59.7 Å². The van der Waals surface area contributed by atoms with Crippen LogP contribution >= 0.6 is 0 Å². The van der Waals surface area contributed by atoms with Gasteiger partial charge in [-0.25, -0.2) is 4.39 Å². The van der Waals surface area contributed by atoms with E-state index in [9.17, 15) is 9.18 Å². The topological polar surface area (TPSA) is 37.3 Å². The molecule has 0 fully saturated rings. The van der Waals surface area contributed by atoms with Crippen LogP contribution in [-0.2, 0) is 4.79 Å². The van der Waals surface area contributed by atoms with Gasteiger partial charge in [-0.05, 0) is 24.1 Å². The van der Waals surface area contributed by atoms with Crippen molar-refractivity contribution in [1.82, 2.24) is 0 Å². The summed E-state index contributed by atoms with van der Waals surface area (Å²) in [5, 5.41) is 9.06. The average molecular weight is 252 g/mol. The predicted octanol–water partition coefficient (Wildman–Crippen LogP) is 3.68. The second-order valence-electron chi connectivity index (χ2n) is 3.54. The van der Waals surface area contributed by atoms with E-state index < -0.39 is 82.7 Å². The van der Waals surface area contributed by atoms with Crippen LogP contribution in [0.3, 0.4) is 0 Å². The first kappa shape index (κ1) is 5.65. The number of benzene rings is 2. The molecule has 18 heavy (non-hydrogen) atoms. The Morgan fingerprint density at radius 2 is 1.94 bits per heavy atom. The van der Waals surface area contributed by atoms with Gasteiger partial charge in [0.15, 0.2) is 0 Å². The number of aliphatic carboxylic acids is 1. The molecule has 0 saturated heterocycles. The standard InChI is InChI=1S/C15H13FO2/c1-10(15(17)18)12-7-8-13(14(16)9-12)11-5-3-2-4-6-11/h2-10H,1H3,(H,17,18)/i2D,3D,4D,5D,6D,7D,8D,9D. The van der Waals surface area contributed by atoms with Gasteiger partial charge in [-0.15, -0.1) is 0 Å². The zero-order chi connectivity index (χ0) is 20.1. The van der Waals surface area contributed by atoms with Crippen molar-refractivity contribution >= 4 is 5.97 Å². The molecule has 1 N–H and O–H groups in total. The molecule has 3 heteroatoms. The first-order valence-electron chi connectivity index (χ1n) is 9.02. The molecular formula is C15H13FO2. The van der Waals surface area contributed by atoms with Gasteiger partial charge in [-0.2, -0.15) is 0 Å². The van der Waals surface area contributed by atoms with Crippen LogP contribution in [0.2, 0.25) is 0 Å². The zero-order valence-electron chi connectivity index (χ0n) is 17.3. The summed E-state index contributed by atoms with van der Waals surface area (Å²) in [6.07, 6.45) is 0. The van der Waals surface area contributed by atoms with Gasteiger partial charge in [-0.1, -0.05) is 42.3 Å². The van der Waals surface area contributed by atoms with Crippen molar-refractivity contribution < 1.29 is 25.3 Å². The van der Waals surface area contributed by atoms with E-state index in [4.69, 9.17) is 16.1 Å². The van der Waals surface area contributed by atoms with Gasteiger partial charge in [0.2, 0.25) is 0 Å². The molecule has 0 saturated carbocycles. The number of hydrogen-bond acceptors (Lipinski definition) is 1. The molecule has 2 nitrogen and oxygen atoms in total. The van der Waals surface area contributed by atoms with E-state index in [0.717, 1.165) is 6.92 Å². The Morgan fingerprint density at radius 1 is 1.28 bits per heavy atom. The zero-order valence-corrected chi connectivity index (χ0v) is 9.31. The summed E-state index contributed by atoms with van der Waals surface area (Å²) in [4.78, 5) is 11.1. The largest absolute Gasteiger partial charge is 0.481 e. The summed E-state index contributed by atoms with van der Waals surface area (Å²) in [5.41, 5.74) is -1.95. The van der Waals surface area contributed by atoms with Gasteiger partial charge in [0.05, 0.1) is 16.9 Å². The van der Waals surface area contributed by atoms with Gasteiger partial charge < -0.3 is 5.11 Å². The van der Waals surface area contributed by atoms with Crippen LogP contribution in [0.5, 0.6) is 0 Å². The van der Waals surface area contributed by atoms with Gasteiger partial charge in [0.1, 0.15) is 5.82 Å². The molecule has 2 aromatic carbocycles. The predicted molar refractivity (Wildman–Crippen MR) is 67.9 cm³/mol. The smallest absolute Gasteiger partial charge is 0.310 e. The SMILES string of the molecule is [2H]c1c([2H])c([2H])c(-c2c([2H])c([2H])c(C(C)C(=O)O)c([2H])c2F)c([2H])c1[2H]. The Bertz CT molecular complexity index is 886. The number of carboxylic acid groups (broad SMARTS) is 1. The molecule has 0 heterocycles. The van der Waals surface area contributed by atoms with Crippen molar-refractivity contribution in [2.75, 3.05) is 0 Å². The molecule has 0 aliphatic carbocycles. The third-order valence-electron chi connectivity index (χ3n) is 2.34. The monoisotopic (exact) mass is 252 g/mol. The van der Waals surface area contributed by atoms with E-state index in [1.54, 1.807) is 0 Å². The molecule has 0 bridgehead atoms. The Labute approximate surface area is 116 Å². The maximum atomic E-state index is 14.8. The van der Waals surface area contributed by atoms with E-state index in [2.05, 4.69) is 0 Å². The molecule has 0 spiro atoms. The van der Waals surface area contributed by atoms with Crippen LogP contribution in [0.15, 0.2) is 48.3 Å². The van der Waals surface area contributed by atoms with E-state index in [1.807, 2.05) is 0 Å². The maximum Gasteiger partial charge on any atom is 0.310 e. The van der Waals surface area contributed by atoms with Crippen LogP contribution in [0.4, 0.5) is 4.39 Å². The number of rotatable bonds is 3. The van der Waals surface area contributed by atoms with Gasteiger partial charge in [0.25, 0.3) is 0 Å². The summed E-state index contributed by atoms with van der Waals surface area (Å²) in [6, 6.07) is -6.30. The van der Waals surface area contributed by atoms with Crippen molar-refractivity contribution in [3.8, 4) is 11.1 Å². The highest BCUT2D eigenvalue weighted by atomic mass is 19.1. The van der Waals surface area contributed by atoms with Crippen LogP contribution in [0.1, 0.15) is 29.4 Å². The van der Waals surface area contributed by atoms with Crippen molar-refractivity contribution in [1.29, 1.82) is 0 Å². The highest BCUT2D eigenvalue weighted by Gasteiger charge is 2.15. The summed E-state index contributed by atoms with van der Waals surface area (Å²) in [5.74, 6) is -4.25. The lowest BCUT2D eigenvalue weighted by atomic mass is 9.97. The van der Waals surface area contributed by atoms with Crippen molar-refractivity contribution in [3.63, 3.8) is 0 Å². The van der Waals surface area contributed by atoms with E-state index in [1.165, 1.54) is 0 Å². The average Bonchev–Trinajstić information content (AvgIpc) is 2.59. The van der Waals surface area contributed by atoms with Crippen LogP contribution in [0, 0.1) is 5.82 Å². The molecule has 0 aliphatic rings. The molecule has 1 unspecified atom stereocenters. The molecule has 2 aromatic rings. The molecule has 0 aromatic heterocycles. The molecule has 92 valence electrons. The third-order valence-corrected chi connectivity index (χ3v) is 2.34. The molecule has 2 rings (SSSR count). The fourth-order valence-electron chi connectivity index (χ4n) is 1.28. The van der Waals surface area contributed by atoms with Gasteiger partial charge >= 0.3 is 5.97 Å². The second-order valence-corrected chi connectivity index (χ2v) is 3.54. The quantitative estimate of drug-likeness (QED) is 0.904. The highest BCUT2D eigenvalue weighted by molar-refractivity contribution is 5.76. The van der Waals surface area contributed by atoms with Crippen molar-refractivity contribution in [2.24, 2.45) is 0 Å². The maximum absolute atomic E-state index is 14.8. The van der Waals surface area contributed by atoms with E-state index >= 15 is 0 Å². The number of hydrogen-bond donors (Lipinski definition) is 1. The van der Waals surface area contributed by atoms with E-state index in [-0.39, 0.29) is 0 Å². The minimum atomic E-state index is -1.43. The molecule has 0 aliphatic heterocycles. The summed E-state index contributed by atoms with van der Waals surface area (Å²) >= 11 is 0. The first-order chi connectivity index (χ1) is 11.9. The Balaban J connectivity index is 2.98. The third kappa shape index (κ3) is 2.40. The number of halogens is 1. The van der Waals surface area contributed by atoms with Gasteiger partial charge in [-0.3, -0.25) is 4.79 Å². The van der Waals surface area contributed by atoms with E-state index in [0.29, 0.717) is 0 Å². The first-order valence-corrected chi connectivity index (χ1v) is 5.02. The lowest BCUT2D eigenvalue weighted by Gasteiger charge is -2.09. The fraction of sp³-hybridized carbons (Fsp3) is 0.133. The van der Waals surface area contributed by atoms with Crippen molar-refractivity contribution in [2.45, 2.75) is 12.8 Å². The minimum absolute atomic E-state index is 0.517. The summed E-state index contributed by atoms with van der Waals surface area (Å²) < 4.78 is 77.2. The fourth-order valence-corrected chi connectivity index (χ4v) is 1.28. The summed E-state index contributed by atoms with van der Waals surface area (Å²) in [7, 11) is 0. The van der Waals surface area contributed by atoms with Gasteiger partial charge in [0, 0.05) is 5.56 Å². The van der Waals surface area contributed by atoms with Crippen LogP contribution in [-0.4, -0.2) is 11.1 Å². The van der Waals surface area contributed by atoms with Crippen LogP contribution in [0.25, 0.3) is 11.1 Å². The summed E-state index contributed by atoms with van der Waals surface area (Å²) in [6.45, 7) is 1.14. The lowest BCUT2D eigenvalue weighted by Crippen LogP contribution is -2.07. The lowest BCUT2D eigenvalue weighted by molar-refractivity contribution is -0.138. The molecule has 0 amide bonds. The normalized spacial score (nSPS) is 18.3. The Morgan fingerprint density at radius 3 is 2.56 bits per heavy atom.